The molecule has 1 aliphatic rings. The van der Waals surface area contributed by atoms with Crippen molar-refractivity contribution in [3.05, 3.63) is 87.9 Å². The van der Waals surface area contributed by atoms with E-state index in [9.17, 15) is 18.4 Å². The van der Waals surface area contributed by atoms with Gasteiger partial charge in [0, 0.05) is 34.5 Å². The number of alkyl halides is 1. The normalized spacial score (nSPS) is 14.8. The second kappa shape index (κ2) is 12.2. The number of carbonyl (C=O) groups excluding carboxylic acids is 2. The highest BCUT2D eigenvalue weighted by Gasteiger charge is 2.37. The van der Waals surface area contributed by atoms with E-state index in [4.69, 9.17) is 9.47 Å². The van der Waals surface area contributed by atoms with Crippen molar-refractivity contribution in [3.8, 4) is 11.5 Å². The number of amides is 2. The van der Waals surface area contributed by atoms with Gasteiger partial charge in [0.25, 0.3) is 11.8 Å². The van der Waals surface area contributed by atoms with Gasteiger partial charge in [0.05, 0.1) is 12.7 Å². The number of rotatable bonds is 9. The second-order valence-corrected chi connectivity index (χ2v) is 9.61. The Kier molecular flexibility index (Phi) is 8.72. The Hall–Kier alpha value is -3.51. The summed E-state index contributed by atoms with van der Waals surface area (Å²) in [5.41, 5.74) is 1.50. The first-order chi connectivity index (χ1) is 17.9. The van der Waals surface area contributed by atoms with Gasteiger partial charge in [0.2, 0.25) is 0 Å². The molecule has 1 N–H and O–H groups in total. The number of hydrogen-bond acceptors (Lipinski definition) is 7. The van der Waals surface area contributed by atoms with Crippen molar-refractivity contribution in [3.63, 3.8) is 0 Å². The third kappa shape index (κ3) is 6.25. The van der Waals surface area contributed by atoms with E-state index >= 15 is 0 Å². The number of thioether (sulfide) groups is 1. The van der Waals surface area contributed by atoms with Crippen LogP contribution >= 0.6 is 27.7 Å². The van der Waals surface area contributed by atoms with E-state index in [2.05, 4.69) is 31.3 Å². The predicted octanol–water partition coefficient (Wildman–Crippen LogP) is 4.71. The van der Waals surface area contributed by atoms with Crippen LogP contribution in [0.3, 0.4) is 0 Å². The lowest BCUT2D eigenvalue weighted by Crippen LogP contribution is -2.30. The van der Waals surface area contributed by atoms with Crippen LogP contribution in [-0.4, -0.2) is 53.8 Å². The molecule has 1 aromatic heterocycles. The minimum Gasteiger partial charge on any atom is -0.492 e. The smallest absolute Gasteiger partial charge is 0.277 e. The van der Waals surface area contributed by atoms with E-state index < -0.39 is 23.9 Å². The molecule has 2 amide bonds. The number of benzene rings is 2. The number of hydrogen-bond donors (Lipinski definition) is 1. The van der Waals surface area contributed by atoms with Gasteiger partial charge in [0.15, 0.2) is 18.1 Å². The fraction of sp³-hybridized carbons (Fsp3) is 0.200. The van der Waals surface area contributed by atoms with Crippen molar-refractivity contribution in [2.24, 2.45) is 5.10 Å². The summed E-state index contributed by atoms with van der Waals surface area (Å²) >= 11 is 4.61. The van der Waals surface area contributed by atoms with Gasteiger partial charge in [-0.2, -0.15) is 5.10 Å². The van der Waals surface area contributed by atoms with Crippen molar-refractivity contribution in [1.29, 1.82) is 0 Å². The molecule has 0 aliphatic carbocycles. The van der Waals surface area contributed by atoms with Crippen LogP contribution in [0.5, 0.6) is 11.5 Å². The Morgan fingerprint density at radius 2 is 1.97 bits per heavy atom. The molecule has 1 aliphatic heterocycles. The Bertz CT molecular complexity index is 1330. The van der Waals surface area contributed by atoms with E-state index in [1.165, 1.54) is 42.2 Å². The zero-order valence-electron chi connectivity index (χ0n) is 19.5. The number of nitrogens with zero attached hydrogens (tertiary/aromatic N) is 3. The van der Waals surface area contributed by atoms with Gasteiger partial charge in [0.1, 0.15) is 22.9 Å². The maximum Gasteiger partial charge on any atom is 0.277 e. The van der Waals surface area contributed by atoms with Gasteiger partial charge in [-0.15, -0.1) is 0 Å². The number of nitrogens with one attached hydrogen (secondary N) is 1. The Labute approximate surface area is 224 Å². The van der Waals surface area contributed by atoms with Crippen LogP contribution in [0.2, 0.25) is 0 Å². The number of para-hydroxylation sites is 1. The average molecular weight is 591 g/mol. The first kappa shape index (κ1) is 26.6. The fourth-order valence-electron chi connectivity index (χ4n) is 3.50. The highest BCUT2D eigenvalue weighted by molar-refractivity contribution is 9.10. The number of methoxy groups -OCH3 is 1. The molecule has 12 heteroatoms. The monoisotopic (exact) mass is 590 g/mol. The summed E-state index contributed by atoms with van der Waals surface area (Å²) in [6, 6.07) is 12.5. The maximum absolute atomic E-state index is 13.5. The van der Waals surface area contributed by atoms with Crippen LogP contribution < -0.4 is 14.8 Å². The minimum atomic E-state index is -0.683. The van der Waals surface area contributed by atoms with Gasteiger partial charge < -0.3 is 14.8 Å². The van der Waals surface area contributed by atoms with E-state index in [-0.39, 0.29) is 24.7 Å². The van der Waals surface area contributed by atoms with E-state index in [0.29, 0.717) is 32.0 Å². The maximum atomic E-state index is 13.5. The quantitative estimate of drug-likeness (QED) is 0.388. The molecule has 1 unspecified atom stereocenters. The summed E-state index contributed by atoms with van der Waals surface area (Å²) in [5.74, 6) is -0.718. The summed E-state index contributed by atoms with van der Waals surface area (Å²) in [6.07, 6.45) is 3.00. The van der Waals surface area contributed by atoms with Crippen molar-refractivity contribution < 1.29 is 27.8 Å². The standard InChI is InChI=1S/C25H21BrF2N4O4S/c1-35-22-19(3-2-4-20(22)36-14-21(33)30-10-9-27)25-32(24(34)16-11-17(26)13-29-12-16)31-23(37-25)15-5-7-18(28)8-6-15/h2-8,11-13,25H,9-10,14H2,1H3,(H,30,33). The van der Waals surface area contributed by atoms with E-state index in [0.717, 1.165) is 0 Å². The van der Waals surface area contributed by atoms with Crippen molar-refractivity contribution in [2.75, 3.05) is 26.9 Å². The molecule has 1 atom stereocenters. The lowest BCUT2D eigenvalue weighted by atomic mass is 10.1. The summed E-state index contributed by atoms with van der Waals surface area (Å²) in [7, 11) is 1.45. The van der Waals surface area contributed by atoms with Crippen molar-refractivity contribution >= 4 is 44.5 Å². The second-order valence-electron chi connectivity index (χ2n) is 7.63. The molecule has 3 aromatic rings. The number of pyridine rings is 1. The largest absolute Gasteiger partial charge is 0.492 e. The highest BCUT2D eigenvalue weighted by atomic mass is 79.9. The van der Waals surface area contributed by atoms with Crippen LogP contribution in [0.4, 0.5) is 8.78 Å². The topological polar surface area (TPSA) is 93.1 Å². The zero-order chi connectivity index (χ0) is 26.4. The van der Waals surface area contributed by atoms with Crippen molar-refractivity contribution in [2.45, 2.75) is 5.37 Å². The first-order valence-corrected chi connectivity index (χ1v) is 12.7. The minimum absolute atomic E-state index is 0.108. The predicted molar refractivity (Wildman–Crippen MR) is 139 cm³/mol. The molecule has 192 valence electrons. The third-order valence-corrected chi connectivity index (χ3v) is 6.80. The summed E-state index contributed by atoms with van der Waals surface area (Å²) in [4.78, 5) is 29.5. The molecule has 2 heterocycles. The molecule has 0 fully saturated rings. The molecule has 0 radical (unpaired) electrons. The number of halogens is 3. The number of carbonyl (C=O) groups is 2. The lowest BCUT2D eigenvalue weighted by molar-refractivity contribution is -0.123. The highest BCUT2D eigenvalue weighted by Crippen LogP contribution is 2.47. The zero-order valence-corrected chi connectivity index (χ0v) is 21.9. The van der Waals surface area contributed by atoms with Crippen molar-refractivity contribution in [1.82, 2.24) is 15.3 Å². The van der Waals surface area contributed by atoms with Crippen LogP contribution in [0, 0.1) is 5.82 Å². The number of hydrazone groups is 1. The SMILES string of the molecule is COc1c(OCC(=O)NCCF)cccc1C1SC(c2ccc(F)cc2)=NN1C(=O)c1cncc(Br)c1. The Morgan fingerprint density at radius 3 is 2.68 bits per heavy atom. The van der Waals surface area contributed by atoms with Crippen LogP contribution in [0.25, 0.3) is 0 Å². The van der Waals surface area contributed by atoms with Gasteiger partial charge in [-0.1, -0.05) is 23.9 Å². The van der Waals surface area contributed by atoms with E-state index in [1.807, 2.05) is 0 Å². The van der Waals surface area contributed by atoms with Gasteiger partial charge in [-0.25, -0.2) is 13.8 Å². The van der Waals surface area contributed by atoms with Gasteiger partial charge in [-0.05, 0) is 52.3 Å². The number of aromatic nitrogens is 1. The molecular formula is C25H21BrF2N4O4S. The average Bonchev–Trinajstić information content (AvgIpc) is 3.35. The van der Waals surface area contributed by atoms with Crippen LogP contribution in [0.15, 0.2) is 70.5 Å². The molecule has 8 nitrogen and oxygen atoms in total. The molecule has 2 aromatic carbocycles. The molecule has 0 spiro atoms. The van der Waals surface area contributed by atoms with E-state index in [1.54, 1.807) is 42.6 Å². The van der Waals surface area contributed by atoms with Gasteiger partial charge >= 0.3 is 0 Å². The summed E-state index contributed by atoms with van der Waals surface area (Å²) < 4.78 is 37.7. The fourth-order valence-corrected chi connectivity index (χ4v) is 5.04. The molecular weight excluding hydrogens is 570 g/mol. The third-order valence-electron chi connectivity index (χ3n) is 5.15. The molecule has 0 bridgehead atoms. The van der Waals surface area contributed by atoms with Crippen LogP contribution in [-0.2, 0) is 4.79 Å². The first-order valence-electron chi connectivity index (χ1n) is 11.0. The lowest BCUT2D eigenvalue weighted by Gasteiger charge is -2.24. The molecule has 0 saturated carbocycles. The molecule has 37 heavy (non-hydrogen) atoms. The number of ether oxygens (including phenoxy) is 2. The summed E-state index contributed by atoms with van der Waals surface area (Å²) in [6.45, 7) is -1.14. The van der Waals surface area contributed by atoms with Gasteiger partial charge in [-0.3, -0.25) is 14.6 Å². The van der Waals surface area contributed by atoms with Crippen LogP contribution in [0.1, 0.15) is 26.9 Å². The summed E-state index contributed by atoms with van der Waals surface area (Å²) in [5, 5.41) is 8.09. The Balaban J connectivity index is 1.69. The molecule has 4 rings (SSSR count). The Morgan fingerprint density at radius 1 is 1.19 bits per heavy atom. The molecule has 0 saturated heterocycles.